The van der Waals surface area contributed by atoms with E-state index >= 15 is 0 Å². The number of likely N-dealkylation sites (N-methyl/N-ethyl adjacent to an activating group) is 1. The third kappa shape index (κ3) is 6.23. The van der Waals surface area contributed by atoms with Crippen LogP contribution in [0.4, 0.5) is 0 Å². The second-order valence-corrected chi connectivity index (χ2v) is 13.4. The molecule has 2 saturated heterocycles. The highest BCUT2D eigenvalue weighted by molar-refractivity contribution is 9.11. The largest absolute Gasteiger partial charge is 0.455 e. The second-order valence-electron chi connectivity index (χ2n) is 12.5. The van der Waals surface area contributed by atoms with Crippen LogP contribution in [0.15, 0.2) is 53.0 Å². The number of esters is 1. The number of fused-ring (bicyclic) bond motifs is 2. The molecule has 1 spiro atoms. The molecular formula is C34H44BrN3O7. The first-order valence-electron chi connectivity index (χ1n) is 16.1. The lowest BCUT2D eigenvalue weighted by molar-refractivity contribution is -0.164. The number of unbranched alkanes of at least 4 members (excludes halogenated alkanes) is 2. The van der Waals surface area contributed by atoms with Gasteiger partial charge in [-0.25, -0.2) is 0 Å². The van der Waals surface area contributed by atoms with Gasteiger partial charge in [0.15, 0.2) is 0 Å². The van der Waals surface area contributed by atoms with Crippen molar-refractivity contribution in [2.24, 2.45) is 11.8 Å². The predicted molar refractivity (Wildman–Crippen MR) is 171 cm³/mol. The van der Waals surface area contributed by atoms with Crippen LogP contribution in [0, 0.1) is 11.8 Å². The summed E-state index contributed by atoms with van der Waals surface area (Å²) in [5, 5.41) is 9.47. The van der Waals surface area contributed by atoms with Gasteiger partial charge in [0.05, 0.1) is 12.0 Å². The monoisotopic (exact) mass is 685 g/mol. The molecule has 244 valence electrons. The normalized spacial score (nSPS) is 33.0. The molecule has 5 bridgehead atoms. The van der Waals surface area contributed by atoms with Crippen LogP contribution in [0.25, 0.3) is 0 Å². The Balaban J connectivity index is 1.60. The van der Waals surface area contributed by atoms with Gasteiger partial charge >= 0.3 is 5.97 Å². The van der Waals surface area contributed by atoms with Gasteiger partial charge < -0.3 is 29.3 Å². The third-order valence-electron chi connectivity index (χ3n) is 9.66. The molecule has 1 aromatic carbocycles. The number of carbonyl (C=O) groups is 4. The molecule has 0 unspecified atom stereocenters. The van der Waals surface area contributed by atoms with Crippen molar-refractivity contribution >= 4 is 39.6 Å². The van der Waals surface area contributed by atoms with Crippen molar-refractivity contribution in [1.29, 1.82) is 0 Å². The zero-order chi connectivity index (χ0) is 32.3. The molecule has 3 amide bonds. The average Bonchev–Trinajstić information content (AvgIpc) is 3.63. The standard InChI is InChI=1S/C34H44BrN3O7/c1-4-5-17-37-18-11-7-10-16-25(40)36(3)22(2)28(23-14-8-6-9-15-23)44-33(43)26-27-31(41)38(19-12-13-20-39)30(32(37)42)34(27)21-24(35)29(26)45-34/h6-9,11,14-15,21-22,26-30,39H,4-5,10,12-13,16-20H2,1-3H3/b11-7-/t22-,26+,27-,28+,29+,30+,34-/m1/s1. The molecule has 1 N–H and O–H groups in total. The van der Waals surface area contributed by atoms with E-state index in [0.29, 0.717) is 36.8 Å². The number of amides is 3. The number of nitrogens with zero attached hydrogens (tertiary/aromatic N) is 3. The maximum atomic E-state index is 14.5. The molecule has 11 heteroatoms. The summed E-state index contributed by atoms with van der Waals surface area (Å²) < 4.78 is 13.5. The Morgan fingerprint density at radius 2 is 1.76 bits per heavy atom. The Bertz CT molecular complexity index is 1340. The fraction of sp³-hybridized carbons (Fsp3) is 0.588. The van der Waals surface area contributed by atoms with Crippen LogP contribution in [0.1, 0.15) is 64.0 Å². The molecular weight excluding hydrogens is 642 g/mol. The van der Waals surface area contributed by atoms with Crippen molar-refractivity contribution in [3.05, 3.63) is 58.6 Å². The van der Waals surface area contributed by atoms with Crippen LogP contribution in [0.3, 0.4) is 0 Å². The number of halogens is 1. The number of carbonyl (C=O) groups excluding carboxylic acids is 4. The van der Waals surface area contributed by atoms with Gasteiger partial charge in [-0.15, -0.1) is 0 Å². The summed E-state index contributed by atoms with van der Waals surface area (Å²) in [5.41, 5.74) is -0.615. The third-order valence-corrected chi connectivity index (χ3v) is 10.3. The smallest absolute Gasteiger partial charge is 0.313 e. The highest BCUT2D eigenvalue weighted by Gasteiger charge is 2.74. The first-order chi connectivity index (χ1) is 21.7. The number of ether oxygens (including phenoxy) is 2. The highest BCUT2D eigenvalue weighted by atomic mass is 79.9. The minimum Gasteiger partial charge on any atom is -0.455 e. The first-order valence-corrected chi connectivity index (χ1v) is 16.9. The van der Waals surface area contributed by atoms with Gasteiger partial charge in [0.1, 0.15) is 29.8 Å². The minimum absolute atomic E-state index is 0.0301. The number of aliphatic hydroxyl groups is 1. The number of rotatable bonds is 8. The number of hydrogen-bond donors (Lipinski definition) is 1. The summed E-state index contributed by atoms with van der Waals surface area (Å²) in [7, 11) is 1.71. The highest BCUT2D eigenvalue weighted by Crippen LogP contribution is 2.59. The van der Waals surface area contributed by atoms with E-state index in [9.17, 15) is 24.3 Å². The van der Waals surface area contributed by atoms with Gasteiger partial charge in [-0.05, 0) is 44.2 Å². The van der Waals surface area contributed by atoms with E-state index in [1.165, 1.54) is 0 Å². The Hall–Kier alpha value is -3.02. The number of likely N-dealkylation sites (tertiary alicyclic amines) is 1. The number of hydrogen-bond acceptors (Lipinski definition) is 7. The Morgan fingerprint density at radius 1 is 1.00 bits per heavy atom. The first kappa shape index (κ1) is 33.3. The second kappa shape index (κ2) is 14.2. The predicted octanol–water partition coefficient (Wildman–Crippen LogP) is 3.74. The van der Waals surface area contributed by atoms with E-state index in [-0.39, 0.29) is 37.3 Å². The number of aliphatic hydroxyl groups excluding tert-OH is 1. The molecule has 45 heavy (non-hydrogen) atoms. The molecule has 7 atom stereocenters. The quantitative estimate of drug-likeness (QED) is 0.252. The molecule has 4 heterocycles. The fourth-order valence-corrected chi connectivity index (χ4v) is 7.87. The lowest BCUT2D eigenvalue weighted by Gasteiger charge is -2.36. The van der Waals surface area contributed by atoms with E-state index < -0.39 is 47.7 Å². The van der Waals surface area contributed by atoms with Crippen LogP contribution in [0.5, 0.6) is 0 Å². The molecule has 0 saturated carbocycles. The summed E-state index contributed by atoms with van der Waals surface area (Å²) in [4.78, 5) is 61.3. The van der Waals surface area contributed by atoms with Gasteiger partial charge in [-0.2, -0.15) is 0 Å². The lowest BCUT2D eigenvalue weighted by atomic mass is 9.74. The Kier molecular flexibility index (Phi) is 10.5. The van der Waals surface area contributed by atoms with Crippen molar-refractivity contribution in [3.63, 3.8) is 0 Å². The summed E-state index contributed by atoms with van der Waals surface area (Å²) in [6.07, 6.45) is 7.45. The van der Waals surface area contributed by atoms with Gasteiger partial charge in [-0.3, -0.25) is 19.2 Å². The van der Waals surface area contributed by atoms with E-state index in [1.807, 2.05) is 55.5 Å². The minimum atomic E-state index is -1.34. The van der Waals surface area contributed by atoms with Crippen LogP contribution >= 0.6 is 15.9 Å². The zero-order valence-electron chi connectivity index (χ0n) is 26.3. The van der Waals surface area contributed by atoms with Crippen molar-refractivity contribution in [1.82, 2.24) is 14.7 Å². The average molecular weight is 687 g/mol. The molecule has 4 aliphatic rings. The summed E-state index contributed by atoms with van der Waals surface area (Å²) >= 11 is 3.60. The SMILES string of the molecule is CCCCN1C/C=C\CCC(=O)N(C)[C@H](C)[C@@H](c2ccccc2)OC(=O)[C@@H]2[C@H]3O[C@@]4(C=C3Br)[C@H](C1=O)N(CCCCO)C(=O)[C@@H]24. The zero-order valence-corrected chi connectivity index (χ0v) is 27.9. The fourth-order valence-electron chi connectivity index (χ4n) is 7.14. The van der Waals surface area contributed by atoms with Crippen molar-refractivity contribution in [2.75, 3.05) is 33.3 Å². The lowest BCUT2D eigenvalue weighted by Crippen LogP contribution is -2.56. The molecule has 2 fully saturated rings. The maximum Gasteiger partial charge on any atom is 0.313 e. The molecule has 0 radical (unpaired) electrons. The number of cyclic esters (lactones) is 1. The van der Waals surface area contributed by atoms with Crippen LogP contribution in [-0.4, -0.2) is 101 Å². The summed E-state index contributed by atoms with van der Waals surface area (Å²) in [6.45, 7) is 4.95. The molecule has 4 aliphatic heterocycles. The van der Waals surface area contributed by atoms with Gasteiger partial charge in [-0.1, -0.05) is 71.8 Å². The van der Waals surface area contributed by atoms with Gasteiger partial charge in [0.25, 0.3) is 0 Å². The van der Waals surface area contributed by atoms with Crippen LogP contribution in [-0.2, 0) is 28.7 Å². The van der Waals surface area contributed by atoms with Crippen LogP contribution in [0.2, 0.25) is 0 Å². The van der Waals surface area contributed by atoms with Crippen LogP contribution < -0.4 is 0 Å². The Morgan fingerprint density at radius 3 is 2.47 bits per heavy atom. The van der Waals surface area contributed by atoms with Gasteiger partial charge in [0, 0.05) is 44.2 Å². The molecule has 1 aromatic rings. The number of benzene rings is 1. The Labute approximate surface area is 273 Å². The molecule has 0 aromatic heterocycles. The van der Waals surface area contributed by atoms with E-state index in [2.05, 4.69) is 22.9 Å². The number of allylic oxidation sites excluding steroid dienone is 1. The molecule has 0 aliphatic carbocycles. The van der Waals surface area contributed by atoms with E-state index in [1.54, 1.807) is 21.7 Å². The van der Waals surface area contributed by atoms with E-state index in [4.69, 9.17) is 9.47 Å². The summed E-state index contributed by atoms with van der Waals surface area (Å²) in [5.74, 6) is -3.21. The van der Waals surface area contributed by atoms with Gasteiger partial charge in [0.2, 0.25) is 17.7 Å². The van der Waals surface area contributed by atoms with Crippen molar-refractivity contribution < 1.29 is 33.8 Å². The topological polar surface area (TPSA) is 117 Å². The molecule has 10 nitrogen and oxygen atoms in total. The van der Waals surface area contributed by atoms with Crippen molar-refractivity contribution in [3.8, 4) is 0 Å². The maximum absolute atomic E-state index is 14.5. The van der Waals surface area contributed by atoms with Crippen molar-refractivity contribution in [2.45, 2.75) is 82.3 Å². The van der Waals surface area contributed by atoms with E-state index in [0.717, 1.165) is 18.4 Å². The summed E-state index contributed by atoms with van der Waals surface area (Å²) in [6, 6.07) is 7.82. The molecule has 5 rings (SSSR count).